The Labute approximate surface area is 127 Å². The van der Waals surface area contributed by atoms with E-state index in [1.54, 1.807) is 0 Å². The average Bonchev–Trinajstić information content (AvgIpc) is 2.46. The molecule has 21 heavy (non-hydrogen) atoms. The zero-order valence-electron chi connectivity index (χ0n) is 13.4. The highest BCUT2D eigenvalue weighted by molar-refractivity contribution is 6.33. The molecule has 0 spiro atoms. The lowest BCUT2D eigenvalue weighted by molar-refractivity contribution is -0.213. The van der Waals surface area contributed by atoms with Crippen LogP contribution in [0.25, 0.3) is 0 Å². The van der Waals surface area contributed by atoms with Gasteiger partial charge < -0.3 is 14.2 Å². The summed E-state index contributed by atoms with van der Waals surface area (Å²) in [5.41, 5.74) is 0. The maximum Gasteiger partial charge on any atom is 0.374 e. The molecule has 1 rings (SSSR count). The number of Topliss-reactive ketones (excluding diaryl/α,β-unsaturated/α-hetero) is 1. The second-order valence-electron chi connectivity index (χ2n) is 5.68. The quantitative estimate of drug-likeness (QED) is 0.372. The van der Waals surface area contributed by atoms with E-state index >= 15 is 0 Å². The summed E-state index contributed by atoms with van der Waals surface area (Å²) in [4.78, 5) is 23.0. The molecule has 5 nitrogen and oxygen atoms in total. The van der Waals surface area contributed by atoms with Crippen LogP contribution in [0.2, 0.25) is 0 Å². The van der Waals surface area contributed by atoms with Gasteiger partial charge in [-0.05, 0) is 32.6 Å². The molecule has 1 aliphatic heterocycles. The molecule has 1 heterocycles. The molecule has 0 unspecified atom stereocenters. The van der Waals surface area contributed by atoms with Gasteiger partial charge in [0.15, 0.2) is 6.29 Å². The molecule has 0 bridgehead atoms. The zero-order valence-corrected chi connectivity index (χ0v) is 13.4. The lowest BCUT2D eigenvalue weighted by atomic mass is 10.0. The van der Waals surface area contributed by atoms with E-state index in [2.05, 4.69) is 11.7 Å². The molecule has 3 atom stereocenters. The number of hydrogen-bond acceptors (Lipinski definition) is 5. The fraction of sp³-hybridized carbons (Fsp3) is 0.875. The Hall–Kier alpha value is -0.940. The van der Waals surface area contributed by atoms with Crippen LogP contribution in [-0.4, -0.2) is 37.4 Å². The van der Waals surface area contributed by atoms with Crippen LogP contribution in [0.5, 0.6) is 0 Å². The van der Waals surface area contributed by atoms with Crippen LogP contribution in [0.15, 0.2) is 0 Å². The molecular formula is C16H28O5. The minimum absolute atomic E-state index is 0.0740. The second-order valence-corrected chi connectivity index (χ2v) is 5.68. The first kappa shape index (κ1) is 18.1. The first-order valence-electron chi connectivity index (χ1n) is 7.98. The highest BCUT2D eigenvalue weighted by atomic mass is 16.7. The number of ketones is 1. The number of methoxy groups -OCH3 is 1. The number of ether oxygens (including phenoxy) is 3. The topological polar surface area (TPSA) is 61.8 Å². The third-order valence-electron chi connectivity index (χ3n) is 3.73. The second kappa shape index (κ2) is 9.90. The van der Waals surface area contributed by atoms with Crippen molar-refractivity contribution in [1.29, 1.82) is 0 Å². The van der Waals surface area contributed by atoms with E-state index in [9.17, 15) is 9.59 Å². The number of hydrogen-bond donors (Lipinski definition) is 0. The SMILES string of the molecule is CCCCC[C@@H](CC(=O)C(=O)OC)O[C@@H]1CCC[C@H](C)O1. The van der Waals surface area contributed by atoms with Gasteiger partial charge >= 0.3 is 5.97 Å². The predicted octanol–water partition coefficient (Wildman–Crippen LogP) is 3.00. The van der Waals surface area contributed by atoms with Crippen LogP contribution in [0.3, 0.4) is 0 Å². The van der Waals surface area contributed by atoms with Crippen molar-refractivity contribution in [3.05, 3.63) is 0 Å². The Kier molecular flexibility index (Phi) is 8.54. The van der Waals surface area contributed by atoms with E-state index in [1.807, 2.05) is 6.92 Å². The first-order valence-corrected chi connectivity index (χ1v) is 7.98. The monoisotopic (exact) mass is 300 g/mol. The minimum atomic E-state index is -0.794. The molecule has 122 valence electrons. The van der Waals surface area contributed by atoms with Gasteiger partial charge in [-0.15, -0.1) is 0 Å². The molecule has 5 heteroatoms. The molecule has 0 aromatic carbocycles. The third-order valence-corrected chi connectivity index (χ3v) is 3.73. The Morgan fingerprint density at radius 3 is 2.67 bits per heavy atom. The van der Waals surface area contributed by atoms with E-state index in [1.165, 1.54) is 7.11 Å². The van der Waals surface area contributed by atoms with E-state index in [0.717, 1.165) is 44.9 Å². The normalized spacial score (nSPS) is 23.6. The van der Waals surface area contributed by atoms with E-state index in [4.69, 9.17) is 9.47 Å². The van der Waals surface area contributed by atoms with Gasteiger partial charge in [0.1, 0.15) is 0 Å². The van der Waals surface area contributed by atoms with Crippen molar-refractivity contribution in [2.45, 2.75) is 83.7 Å². The molecular weight excluding hydrogens is 272 g/mol. The smallest absolute Gasteiger partial charge is 0.374 e. The standard InChI is InChI=1S/C16H28O5/c1-4-5-6-9-13(11-14(17)16(18)19-3)21-15-10-7-8-12(2)20-15/h12-13,15H,4-11H2,1-3H3/t12-,13-,15+/m0/s1. The zero-order chi connectivity index (χ0) is 15.7. The van der Waals surface area contributed by atoms with Gasteiger partial charge in [-0.1, -0.05) is 26.2 Å². The highest BCUT2D eigenvalue weighted by Crippen LogP contribution is 2.23. The molecule has 0 aromatic heterocycles. The summed E-state index contributed by atoms with van der Waals surface area (Å²) < 4.78 is 16.1. The van der Waals surface area contributed by atoms with Crippen LogP contribution < -0.4 is 0 Å². The molecule has 0 aromatic rings. The Bertz CT molecular complexity index is 329. The summed E-state index contributed by atoms with van der Waals surface area (Å²) in [5, 5.41) is 0. The van der Waals surface area contributed by atoms with Gasteiger partial charge in [-0.25, -0.2) is 4.79 Å². The molecule has 0 saturated carbocycles. The Balaban J connectivity index is 2.50. The number of rotatable bonds is 9. The lowest BCUT2D eigenvalue weighted by Crippen LogP contribution is -2.33. The molecule has 0 radical (unpaired) electrons. The fourth-order valence-electron chi connectivity index (χ4n) is 2.53. The predicted molar refractivity (Wildman–Crippen MR) is 78.8 cm³/mol. The van der Waals surface area contributed by atoms with Gasteiger partial charge in [0, 0.05) is 6.42 Å². The highest BCUT2D eigenvalue weighted by Gasteiger charge is 2.26. The molecule has 0 amide bonds. The molecule has 1 aliphatic rings. The third kappa shape index (κ3) is 7.05. The van der Waals surface area contributed by atoms with Crippen molar-refractivity contribution in [3.8, 4) is 0 Å². The van der Waals surface area contributed by atoms with Crippen molar-refractivity contribution in [3.63, 3.8) is 0 Å². The molecule has 1 saturated heterocycles. The summed E-state index contributed by atoms with van der Waals surface area (Å²) in [5.74, 6) is -1.32. The lowest BCUT2D eigenvalue weighted by Gasteiger charge is -2.31. The van der Waals surface area contributed by atoms with Gasteiger partial charge in [-0.3, -0.25) is 4.79 Å². The number of carbonyl (C=O) groups excluding carboxylic acids is 2. The Morgan fingerprint density at radius 2 is 2.05 bits per heavy atom. The summed E-state index contributed by atoms with van der Waals surface area (Å²) >= 11 is 0. The van der Waals surface area contributed by atoms with Gasteiger partial charge in [0.2, 0.25) is 5.78 Å². The Morgan fingerprint density at radius 1 is 1.29 bits per heavy atom. The largest absolute Gasteiger partial charge is 0.463 e. The molecule has 1 fully saturated rings. The van der Waals surface area contributed by atoms with Crippen LogP contribution in [0.4, 0.5) is 0 Å². The summed E-state index contributed by atoms with van der Waals surface area (Å²) in [7, 11) is 1.22. The molecule has 0 aliphatic carbocycles. The summed E-state index contributed by atoms with van der Waals surface area (Å²) in [6.07, 6.45) is 6.65. The van der Waals surface area contributed by atoms with Crippen LogP contribution in [0, 0.1) is 0 Å². The van der Waals surface area contributed by atoms with Gasteiger partial charge in [0.25, 0.3) is 0 Å². The number of carbonyl (C=O) groups is 2. The van der Waals surface area contributed by atoms with E-state index < -0.39 is 11.8 Å². The average molecular weight is 300 g/mol. The van der Waals surface area contributed by atoms with Crippen LogP contribution in [-0.2, 0) is 23.8 Å². The van der Waals surface area contributed by atoms with Crippen molar-refractivity contribution in [1.82, 2.24) is 0 Å². The summed E-state index contributed by atoms with van der Waals surface area (Å²) in [6.45, 7) is 4.16. The van der Waals surface area contributed by atoms with Crippen LogP contribution in [0.1, 0.15) is 65.2 Å². The summed E-state index contributed by atoms with van der Waals surface area (Å²) in [6, 6.07) is 0. The van der Waals surface area contributed by atoms with E-state index in [0.29, 0.717) is 0 Å². The van der Waals surface area contributed by atoms with E-state index in [-0.39, 0.29) is 24.9 Å². The first-order chi connectivity index (χ1) is 10.1. The number of unbranched alkanes of at least 4 members (excludes halogenated alkanes) is 2. The minimum Gasteiger partial charge on any atom is -0.463 e. The van der Waals surface area contributed by atoms with Crippen molar-refractivity contribution >= 4 is 11.8 Å². The van der Waals surface area contributed by atoms with Gasteiger partial charge in [0.05, 0.1) is 19.3 Å². The van der Waals surface area contributed by atoms with Gasteiger partial charge in [-0.2, -0.15) is 0 Å². The van der Waals surface area contributed by atoms with Crippen molar-refractivity contribution in [2.75, 3.05) is 7.11 Å². The maximum absolute atomic E-state index is 11.7. The number of esters is 1. The maximum atomic E-state index is 11.7. The van der Waals surface area contributed by atoms with Crippen molar-refractivity contribution in [2.24, 2.45) is 0 Å². The molecule has 0 N–H and O–H groups in total. The fourth-order valence-corrected chi connectivity index (χ4v) is 2.53. The van der Waals surface area contributed by atoms with Crippen LogP contribution >= 0.6 is 0 Å². The van der Waals surface area contributed by atoms with Crippen molar-refractivity contribution < 1.29 is 23.8 Å².